The van der Waals surface area contributed by atoms with E-state index in [-0.39, 0.29) is 10.8 Å². The molecule has 144 valence electrons. The SMILES string of the molecule is CN1CCN(S(=O)(=O)c2cccc(C(=O)NCc3cccc(Cl)c3)c2)CC1. The van der Waals surface area contributed by atoms with Crippen molar-refractivity contribution in [3.05, 3.63) is 64.7 Å². The molecule has 0 saturated carbocycles. The number of hydrogen-bond acceptors (Lipinski definition) is 4. The summed E-state index contributed by atoms with van der Waals surface area (Å²) in [6.07, 6.45) is 0. The second-order valence-corrected chi connectivity index (χ2v) is 8.92. The maximum absolute atomic E-state index is 12.8. The predicted octanol–water partition coefficient (Wildman–Crippen LogP) is 2.21. The maximum atomic E-state index is 12.8. The van der Waals surface area contributed by atoms with Crippen LogP contribution in [0.15, 0.2) is 53.4 Å². The first kappa shape index (κ1) is 19.8. The van der Waals surface area contributed by atoms with E-state index < -0.39 is 10.0 Å². The number of piperazine rings is 1. The summed E-state index contributed by atoms with van der Waals surface area (Å²) in [6.45, 7) is 2.60. The van der Waals surface area contributed by atoms with Crippen LogP contribution in [0.1, 0.15) is 15.9 Å². The number of likely N-dealkylation sites (N-methyl/N-ethyl adjacent to an activating group) is 1. The third kappa shape index (κ3) is 4.87. The van der Waals surface area contributed by atoms with E-state index in [1.165, 1.54) is 16.4 Å². The Morgan fingerprint density at radius 2 is 1.78 bits per heavy atom. The van der Waals surface area contributed by atoms with Gasteiger partial charge in [0.2, 0.25) is 10.0 Å². The van der Waals surface area contributed by atoms with Crippen molar-refractivity contribution < 1.29 is 13.2 Å². The molecule has 1 amide bonds. The summed E-state index contributed by atoms with van der Waals surface area (Å²) >= 11 is 5.94. The molecule has 6 nitrogen and oxygen atoms in total. The molecule has 1 fully saturated rings. The number of benzene rings is 2. The van der Waals surface area contributed by atoms with Crippen LogP contribution in [0.5, 0.6) is 0 Å². The molecule has 1 N–H and O–H groups in total. The number of hydrogen-bond donors (Lipinski definition) is 1. The summed E-state index contributed by atoms with van der Waals surface area (Å²) in [5.74, 6) is -0.328. The number of sulfonamides is 1. The van der Waals surface area contributed by atoms with Gasteiger partial charge in [-0.2, -0.15) is 4.31 Å². The smallest absolute Gasteiger partial charge is 0.251 e. The molecule has 0 unspecified atom stereocenters. The van der Waals surface area contributed by atoms with Crippen molar-refractivity contribution in [3.8, 4) is 0 Å². The number of halogens is 1. The van der Waals surface area contributed by atoms with E-state index >= 15 is 0 Å². The van der Waals surface area contributed by atoms with Crippen molar-refractivity contribution in [1.29, 1.82) is 0 Å². The van der Waals surface area contributed by atoms with Gasteiger partial charge in [0.1, 0.15) is 0 Å². The Labute approximate surface area is 164 Å². The first-order valence-electron chi connectivity index (χ1n) is 8.68. The number of carbonyl (C=O) groups is 1. The van der Waals surface area contributed by atoms with Gasteiger partial charge in [0.25, 0.3) is 5.91 Å². The van der Waals surface area contributed by atoms with Gasteiger partial charge in [0, 0.05) is 43.3 Å². The van der Waals surface area contributed by atoms with E-state index in [1.807, 2.05) is 19.2 Å². The van der Waals surface area contributed by atoms with Crippen molar-refractivity contribution in [2.24, 2.45) is 0 Å². The lowest BCUT2D eigenvalue weighted by Gasteiger charge is -2.31. The zero-order chi connectivity index (χ0) is 19.4. The number of amides is 1. The Hall–Kier alpha value is -1.93. The number of rotatable bonds is 5. The average Bonchev–Trinajstić information content (AvgIpc) is 2.66. The molecule has 3 rings (SSSR count). The summed E-state index contributed by atoms with van der Waals surface area (Å²) in [5.41, 5.74) is 1.18. The van der Waals surface area contributed by atoms with Crippen molar-refractivity contribution in [1.82, 2.24) is 14.5 Å². The summed E-state index contributed by atoms with van der Waals surface area (Å²) in [4.78, 5) is 14.7. The highest BCUT2D eigenvalue weighted by molar-refractivity contribution is 7.89. The molecule has 0 bridgehead atoms. The largest absolute Gasteiger partial charge is 0.348 e. The summed E-state index contributed by atoms with van der Waals surface area (Å²) < 4.78 is 27.2. The molecule has 1 aliphatic heterocycles. The van der Waals surface area contributed by atoms with Crippen molar-refractivity contribution in [2.75, 3.05) is 33.2 Å². The van der Waals surface area contributed by atoms with E-state index in [9.17, 15) is 13.2 Å². The predicted molar refractivity (Wildman–Crippen MR) is 105 cm³/mol. The first-order chi connectivity index (χ1) is 12.9. The molecule has 1 saturated heterocycles. The van der Waals surface area contributed by atoms with Gasteiger partial charge in [-0.15, -0.1) is 0 Å². The zero-order valence-corrected chi connectivity index (χ0v) is 16.6. The first-order valence-corrected chi connectivity index (χ1v) is 10.5. The lowest BCUT2D eigenvalue weighted by molar-refractivity contribution is 0.0950. The molecule has 0 spiro atoms. The van der Waals surface area contributed by atoms with E-state index in [2.05, 4.69) is 10.2 Å². The van der Waals surface area contributed by atoms with Crippen molar-refractivity contribution in [2.45, 2.75) is 11.4 Å². The van der Waals surface area contributed by atoms with Gasteiger partial charge in [-0.25, -0.2) is 8.42 Å². The fourth-order valence-electron chi connectivity index (χ4n) is 2.91. The number of nitrogens with one attached hydrogen (secondary N) is 1. The van der Waals surface area contributed by atoms with E-state index in [0.717, 1.165) is 5.56 Å². The highest BCUT2D eigenvalue weighted by Gasteiger charge is 2.27. The Balaban J connectivity index is 1.71. The van der Waals surface area contributed by atoms with E-state index in [4.69, 9.17) is 11.6 Å². The van der Waals surface area contributed by atoms with Gasteiger partial charge in [0.15, 0.2) is 0 Å². The molecule has 27 heavy (non-hydrogen) atoms. The van der Waals surface area contributed by atoms with E-state index in [1.54, 1.807) is 24.3 Å². The minimum atomic E-state index is -3.60. The lowest BCUT2D eigenvalue weighted by Crippen LogP contribution is -2.47. The van der Waals surface area contributed by atoms with Gasteiger partial charge in [-0.05, 0) is 42.9 Å². The van der Waals surface area contributed by atoms with Gasteiger partial charge in [-0.3, -0.25) is 4.79 Å². The highest BCUT2D eigenvalue weighted by atomic mass is 35.5. The molecule has 0 aromatic heterocycles. The average molecular weight is 408 g/mol. The van der Waals surface area contributed by atoms with Crippen molar-refractivity contribution >= 4 is 27.5 Å². The van der Waals surface area contributed by atoms with Crippen LogP contribution >= 0.6 is 11.6 Å². The molecule has 0 atom stereocenters. The Kier molecular flexibility index (Phi) is 6.16. The van der Waals surface area contributed by atoms with Crippen LogP contribution in [0.4, 0.5) is 0 Å². The minimum Gasteiger partial charge on any atom is -0.348 e. The topological polar surface area (TPSA) is 69.7 Å². The fraction of sp³-hybridized carbons (Fsp3) is 0.316. The third-order valence-corrected chi connectivity index (χ3v) is 6.67. The number of nitrogens with zero attached hydrogens (tertiary/aromatic N) is 2. The van der Waals surface area contributed by atoms with Gasteiger partial charge in [-0.1, -0.05) is 29.8 Å². The molecule has 1 heterocycles. The molecule has 0 radical (unpaired) electrons. The van der Waals surface area contributed by atoms with Crippen LogP contribution in [-0.4, -0.2) is 56.8 Å². The molecule has 2 aromatic rings. The van der Waals surface area contributed by atoms with Crippen LogP contribution < -0.4 is 5.32 Å². The molecule has 0 aliphatic carbocycles. The van der Waals surface area contributed by atoms with Gasteiger partial charge < -0.3 is 10.2 Å². The highest BCUT2D eigenvalue weighted by Crippen LogP contribution is 2.19. The van der Waals surface area contributed by atoms with Crippen LogP contribution in [0.3, 0.4) is 0 Å². The second kappa shape index (κ2) is 8.39. The van der Waals surface area contributed by atoms with Gasteiger partial charge in [0.05, 0.1) is 4.90 Å². The zero-order valence-electron chi connectivity index (χ0n) is 15.1. The molecular formula is C19H22ClN3O3S. The van der Waals surface area contributed by atoms with Crippen LogP contribution in [0.2, 0.25) is 5.02 Å². The Morgan fingerprint density at radius 1 is 1.07 bits per heavy atom. The molecular weight excluding hydrogens is 386 g/mol. The van der Waals surface area contributed by atoms with Crippen LogP contribution in [0.25, 0.3) is 0 Å². The molecule has 1 aliphatic rings. The van der Waals surface area contributed by atoms with E-state index in [0.29, 0.717) is 43.3 Å². The lowest BCUT2D eigenvalue weighted by atomic mass is 10.2. The standard InChI is InChI=1S/C19H22ClN3O3S/c1-22-8-10-23(11-9-22)27(25,26)18-7-3-5-16(13-18)19(24)21-14-15-4-2-6-17(20)12-15/h2-7,12-13H,8-11,14H2,1H3,(H,21,24). The Bertz CT molecular complexity index is 925. The quantitative estimate of drug-likeness (QED) is 0.825. The summed E-state index contributed by atoms with van der Waals surface area (Å²) in [6, 6.07) is 13.4. The molecule has 2 aromatic carbocycles. The third-order valence-electron chi connectivity index (χ3n) is 4.54. The van der Waals surface area contributed by atoms with Gasteiger partial charge >= 0.3 is 0 Å². The van der Waals surface area contributed by atoms with Crippen molar-refractivity contribution in [3.63, 3.8) is 0 Å². The maximum Gasteiger partial charge on any atom is 0.251 e. The summed E-state index contributed by atoms with van der Waals surface area (Å²) in [7, 11) is -1.64. The second-order valence-electron chi connectivity index (χ2n) is 6.55. The van der Waals surface area contributed by atoms with Crippen LogP contribution in [-0.2, 0) is 16.6 Å². The van der Waals surface area contributed by atoms with Crippen LogP contribution in [0, 0.1) is 0 Å². The number of carbonyl (C=O) groups excluding carboxylic acids is 1. The Morgan fingerprint density at radius 3 is 2.48 bits per heavy atom. The minimum absolute atomic E-state index is 0.141. The monoisotopic (exact) mass is 407 g/mol. The fourth-order valence-corrected chi connectivity index (χ4v) is 4.59. The normalized spacial score (nSPS) is 16.2. The molecule has 8 heteroatoms. The summed E-state index contributed by atoms with van der Waals surface area (Å²) in [5, 5.41) is 3.39.